The number of hydrogen-bond acceptors (Lipinski definition) is 4. The van der Waals surface area contributed by atoms with Crippen LogP contribution in [0.25, 0.3) is 11.1 Å². The van der Waals surface area contributed by atoms with Gasteiger partial charge < -0.3 is 20.1 Å². The van der Waals surface area contributed by atoms with Crippen LogP contribution in [-0.2, 0) is 14.3 Å². The Morgan fingerprint density at radius 2 is 1.66 bits per heavy atom. The smallest absolute Gasteiger partial charge is 0.407 e. The van der Waals surface area contributed by atoms with E-state index in [0.29, 0.717) is 6.42 Å². The SMILES string of the molecule is O=C(NCCC(=O)N1[C@H]2CC[C@@H]1[C@H](C(=O)O)C2)OCC1c2ccccc2-c2ccccc21. The van der Waals surface area contributed by atoms with Gasteiger partial charge in [0.15, 0.2) is 0 Å². The van der Waals surface area contributed by atoms with E-state index in [1.807, 2.05) is 24.3 Å². The van der Waals surface area contributed by atoms with Crippen molar-refractivity contribution in [2.45, 2.75) is 43.7 Å². The molecule has 2 aromatic rings. The van der Waals surface area contributed by atoms with Crippen molar-refractivity contribution in [1.29, 1.82) is 0 Å². The third kappa shape index (κ3) is 3.51. The minimum atomic E-state index is -0.827. The van der Waals surface area contributed by atoms with E-state index in [0.717, 1.165) is 24.0 Å². The number of carbonyl (C=O) groups is 3. The van der Waals surface area contributed by atoms with E-state index in [1.165, 1.54) is 11.1 Å². The van der Waals surface area contributed by atoms with Gasteiger partial charge in [0.1, 0.15) is 6.61 Å². The van der Waals surface area contributed by atoms with Crippen molar-refractivity contribution in [3.05, 3.63) is 59.7 Å². The van der Waals surface area contributed by atoms with Crippen LogP contribution in [-0.4, -0.2) is 53.2 Å². The molecule has 3 atom stereocenters. The van der Waals surface area contributed by atoms with Crippen LogP contribution in [0.4, 0.5) is 4.79 Å². The number of aliphatic carboxylic acids is 1. The van der Waals surface area contributed by atoms with Gasteiger partial charge in [-0.15, -0.1) is 0 Å². The molecule has 1 aliphatic carbocycles. The lowest BCUT2D eigenvalue weighted by atomic mass is 9.89. The Hall–Kier alpha value is -3.35. The van der Waals surface area contributed by atoms with E-state index in [4.69, 9.17) is 4.74 Å². The number of carbonyl (C=O) groups excluding carboxylic acids is 2. The standard InChI is InChI=1S/C25H26N2O5/c28-23(27-15-9-10-22(27)20(13-15)24(29)30)11-12-26-25(31)32-14-21-18-7-3-1-5-16(18)17-6-2-4-8-19(17)21/h1-8,15,20-22H,9-14H2,(H,26,31)(H,29,30)/t15-,20+,22+/m0/s1. The first kappa shape index (κ1) is 20.5. The summed E-state index contributed by atoms with van der Waals surface area (Å²) >= 11 is 0. The van der Waals surface area contributed by atoms with Crippen molar-refractivity contribution < 1.29 is 24.2 Å². The van der Waals surface area contributed by atoms with Crippen LogP contribution in [0, 0.1) is 5.92 Å². The fourth-order valence-electron chi connectivity index (χ4n) is 5.69. The van der Waals surface area contributed by atoms with Crippen LogP contribution in [0.5, 0.6) is 0 Å². The maximum Gasteiger partial charge on any atom is 0.407 e. The fraction of sp³-hybridized carbons (Fsp3) is 0.400. The second kappa shape index (κ2) is 8.30. The zero-order valence-electron chi connectivity index (χ0n) is 17.7. The van der Waals surface area contributed by atoms with Crippen molar-refractivity contribution in [1.82, 2.24) is 10.2 Å². The van der Waals surface area contributed by atoms with E-state index in [1.54, 1.807) is 4.90 Å². The summed E-state index contributed by atoms with van der Waals surface area (Å²) in [7, 11) is 0. The van der Waals surface area contributed by atoms with E-state index >= 15 is 0 Å². The minimum absolute atomic E-state index is 0.0111. The number of benzene rings is 2. The molecular formula is C25H26N2O5. The molecule has 0 unspecified atom stereocenters. The molecule has 5 rings (SSSR count). The monoisotopic (exact) mass is 434 g/mol. The van der Waals surface area contributed by atoms with Crippen molar-refractivity contribution in [3.8, 4) is 11.1 Å². The van der Waals surface area contributed by atoms with Crippen LogP contribution in [0.15, 0.2) is 48.5 Å². The van der Waals surface area contributed by atoms with Gasteiger partial charge in [-0.05, 0) is 41.5 Å². The maximum absolute atomic E-state index is 12.6. The van der Waals surface area contributed by atoms with Crippen LogP contribution < -0.4 is 5.32 Å². The lowest BCUT2D eigenvalue weighted by molar-refractivity contribution is -0.143. The van der Waals surface area contributed by atoms with Crippen molar-refractivity contribution in [3.63, 3.8) is 0 Å². The second-order valence-corrected chi connectivity index (χ2v) is 8.78. The summed E-state index contributed by atoms with van der Waals surface area (Å²) in [6.07, 6.45) is 1.73. The van der Waals surface area contributed by atoms with Gasteiger partial charge in [0.25, 0.3) is 0 Å². The van der Waals surface area contributed by atoms with Gasteiger partial charge in [0.2, 0.25) is 5.91 Å². The largest absolute Gasteiger partial charge is 0.481 e. The second-order valence-electron chi connectivity index (χ2n) is 8.78. The average molecular weight is 434 g/mol. The van der Waals surface area contributed by atoms with E-state index < -0.39 is 18.0 Å². The zero-order chi connectivity index (χ0) is 22.2. The lowest BCUT2D eigenvalue weighted by Gasteiger charge is -2.23. The van der Waals surface area contributed by atoms with Gasteiger partial charge in [-0.3, -0.25) is 9.59 Å². The van der Waals surface area contributed by atoms with Gasteiger partial charge >= 0.3 is 12.1 Å². The normalized spacial score (nSPS) is 23.0. The minimum Gasteiger partial charge on any atom is -0.481 e. The number of nitrogens with zero attached hydrogens (tertiary/aromatic N) is 1. The number of nitrogens with one attached hydrogen (secondary N) is 1. The summed E-state index contributed by atoms with van der Waals surface area (Å²) in [6.45, 7) is 0.396. The highest BCUT2D eigenvalue weighted by Crippen LogP contribution is 2.44. The Morgan fingerprint density at radius 1 is 1.00 bits per heavy atom. The first-order chi connectivity index (χ1) is 15.5. The molecule has 2 fully saturated rings. The molecule has 2 heterocycles. The van der Waals surface area contributed by atoms with Gasteiger partial charge in [0.05, 0.1) is 5.92 Å². The number of ether oxygens (including phenoxy) is 1. The topological polar surface area (TPSA) is 95.9 Å². The molecule has 0 radical (unpaired) electrons. The number of alkyl carbamates (subject to hydrolysis) is 1. The molecule has 2 amide bonds. The molecular weight excluding hydrogens is 408 g/mol. The lowest BCUT2D eigenvalue weighted by Crippen LogP contribution is -2.39. The Balaban J connectivity index is 1.13. The Bertz CT molecular complexity index is 1020. The summed E-state index contributed by atoms with van der Waals surface area (Å²) in [5.41, 5.74) is 4.63. The van der Waals surface area contributed by atoms with Gasteiger partial charge in [0, 0.05) is 31.0 Å². The predicted molar refractivity (Wildman–Crippen MR) is 117 cm³/mol. The highest BCUT2D eigenvalue weighted by Gasteiger charge is 2.50. The van der Waals surface area contributed by atoms with Gasteiger partial charge in [-0.25, -0.2) is 4.79 Å². The molecule has 0 aromatic heterocycles. The van der Waals surface area contributed by atoms with Gasteiger partial charge in [-0.1, -0.05) is 48.5 Å². The van der Waals surface area contributed by atoms with E-state index in [2.05, 4.69) is 29.6 Å². The number of amides is 2. The first-order valence-electron chi connectivity index (χ1n) is 11.2. The third-order valence-electron chi connectivity index (χ3n) is 7.09. The molecule has 32 heavy (non-hydrogen) atoms. The maximum atomic E-state index is 12.6. The van der Waals surface area contributed by atoms with Crippen LogP contribution in [0.1, 0.15) is 42.7 Å². The average Bonchev–Trinajstić information content (AvgIpc) is 3.47. The number of carboxylic acid groups (broad SMARTS) is 1. The summed E-state index contributed by atoms with van der Waals surface area (Å²) in [6, 6.07) is 16.1. The van der Waals surface area contributed by atoms with Crippen LogP contribution in [0.3, 0.4) is 0 Å². The first-order valence-corrected chi connectivity index (χ1v) is 11.2. The quantitative estimate of drug-likeness (QED) is 0.727. The van der Waals surface area contributed by atoms with Crippen LogP contribution in [0.2, 0.25) is 0 Å². The van der Waals surface area contributed by atoms with Gasteiger partial charge in [-0.2, -0.15) is 0 Å². The molecule has 0 saturated carbocycles. The van der Waals surface area contributed by atoms with Crippen LogP contribution >= 0.6 is 0 Å². The molecule has 0 spiro atoms. The molecule has 166 valence electrons. The molecule has 2 N–H and O–H groups in total. The summed E-state index contributed by atoms with van der Waals surface area (Å²) in [5, 5.41) is 12.0. The number of hydrogen-bond donors (Lipinski definition) is 2. The predicted octanol–water partition coefficient (Wildman–Crippen LogP) is 3.38. The summed E-state index contributed by atoms with van der Waals surface area (Å²) in [4.78, 5) is 38.0. The molecule has 3 aliphatic rings. The van der Waals surface area contributed by atoms with Crippen molar-refractivity contribution in [2.75, 3.05) is 13.2 Å². The molecule has 7 heteroatoms. The molecule has 2 aliphatic heterocycles. The number of rotatable bonds is 6. The summed E-state index contributed by atoms with van der Waals surface area (Å²) < 4.78 is 5.50. The summed E-state index contributed by atoms with van der Waals surface area (Å²) in [5.74, 6) is -1.40. The Morgan fingerprint density at radius 3 is 2.28 bits per heavy atom. The Labute approximate surface area is 186 Å². The van der Waals surface area contributed by atoms with E-state index in [-0.39, 0.29) is 43.5 Å². The molecule has 2 saturated heterocycles. The highest BCUT2D eigenvalue weighted by atomic mass is 16.5. The van der Waals surface area contributed by atoms with E-state index in [9.17, 15) is 19.5 Å². The fourth-order valence-corrected chi connectivity index (χ4v) is 5.69. The molecule has 2 aromatic carbocycles. The Kier molecular flexibility index (Phi) is 5.33. The number of fused-ring (bicyclic) bond motifs is 5. The third-order valence-corrected chi connectivity index (χ3v) is 7.09. The molecule has 7 nitrogen and oxygen atoms in total. The van der Waals surface area contributed by atoms with Crippen molar-refractivity contribution in [2.24, 2.45) is 5.92 Å². The molecule has 2 bridgehead atoms. The number of carboxylic acids is 1. The highest BCUT2D eigenvalue weighted by molar-refractivity contribution is 5.81. The van der Waals surface area contributed by atoms with Crippen molar-refractivity contribution >= 4 is 18.0 Å². The zero-order valence-corrected chi connectivity index (χ0v) is 17.7.